The summed E-state index contributed by atoms with van der Waals surface area (Å²) in [5.41, 5.74) is 3.02. The van der Waals surface area contributed by atoms with Crippen LogP contribution in [-0.4, -0.2) is 30.7 Å². The molecule has 0 atom stereocenters. The van der Waals surface area contributed by atoms with Gasteiger partial charge in [0.15, 0.2) is 0 Å². The summed E-state index contributed by atoms with van der Waals surface area (Å²) in [6.07, 6.45) is 3.38. The van der Waals surface area contributed by atoms with E-state index in [0.29, 0.717) is 6.04 Å². The van der Waals surface area contributed by atoms with E-state index in [2.05, 4.69) is 47.8 Å². The highest BCUT2D eigenvalue weighted by Gasteiger charge is 2.20. The van der Waals surface area contributed by atoms with Gasteiger partial charge in [-0.3, -0.25) is 0 Å². The second-order valence-electron chi connectivity index (χ2n) is 6.31. The van der Waals surface area contributed by atoms with Crippen molar-refractivity contribution in [2.45, 2.75) is 35.1 Å². The Kier molecular flexibility index (Phi) is 5.36. The Morgan fingerprint density at radius 3 is 2.58 bits per heavy atom. The third-order valence-corrected chi connectivity index (χ3v) is 7.16. The fraction of sp³-hybridized carbons (Fsp3) is 0.400. The van der Waals surface area contributed by atoms with Crippen molar-refractivity contribution in [3.8, 4) is 5.75 Å². The number of hydrogen-bond acceptors (Lipinski definition) is 4. The molecule has 0 amide bonds. The molecule has 0 fully saturated rings. The lowest BCUT2D eigenvalue weighted by molar-refractivity contribution is 0.297. The number of hydrogen-bond donors (Lipinski definition) is 1. The van der Waals surface area contributed by atoms with Crippen LogP contribution in [0.5, 0.6) is 5.75 Å². The van der Waals surface area contributed by atoms with Crippen LogP contribution in [0.3, 0.4) is 0 Å². The molecule has 0 saturated carbocycles. The van der Waals surface area contributed by atoms with Crippen molar-refractivity contribution < 1.29 is 4.74 Å². The summed E-state index contributed by atoms with van der Waals surface area (Å²) in [6, 6.07) is 15.8. The van der Waals surface area contributed by atoms with Crippen LogP contribution in [0.25, 0.3) is 0 Å². The topological polar surface area (TPSA) is 21.3 Å². The first-order valence-electron chi connectivity index (χ1n) is 8.72. The Morgan fingerprint density at radius 2 is 1.75 bits per heavy atom. The van der Waals surface area contributed by atoms with Gasteiger partial charge in [-0.1, -0.05) is 30.3 Å². The maximum absolute atomic E-state index is 6.06. The molecule has 2 aromatic carbocycles. The highest BCUT2D eigenvalue weighted by atomic mass is 32.2. The van der Waals surface area contributed by atoms with E-state index in [1.165, 1.54) is 32.4 Å². The van der Waals surface area contributed by atoms with Crippen molar-refractivity contribution in [1.29, 1.82) is 0 Å². The van der Waals surface area contributed by atoms with Crippen LogP contribution in [0.1, 0.15) is 17.5 Å². The van der Waals surface area contributed by atoms with Gasteiger partial charge in [0.2, 0.25) is 0 Å². The number of fused-ring (bicyclic) bond motifs is 2. The number of thioether (sulfide) groups is 2. The minimum absolute atomic E-state index is 0.596. The van der Waals surface area contributed by atoms with Gasteiger partial charge in [0.25, 0.3) is 0 Å². The molecule has 1 aliphatic carbocycles. The minimum atomic E-state index is 0.596. The second-order valence-corrected chi connectivity index (χ2v) is 8.55. The van der Waals surface area contributed by atoms with Gasteiger partial charge in [-0.2, -0.15) is 0 Å². The van der Waals surface area contributed by atoms with Crippen LogP contribution < -0.4 is 10.1 Å². The normalized spacial score (nSPS) is 16.7. The van der Waals surface area contributed by atoms with Crippen molar-refractivity contribution in [1.82, 2.24) is 5.32 Å². The van der Waals surface area contributed by atoms with Gasteiger partial charge in [0.05, 0.1) is 11.5 Å². The summed E-state index contributed by atoms with van der Waals surface area (Å²) in [6.45, 7) is 1.81. The van der Waals surface area contributed by atoms with Crippen LogP contribution in [0, 0.1) is 0 Å². The van der Waals surface area contributed by atoms with Crippen molar-refractivity contribution in [2.24, 2.45) is 0 Å². The van der Waals surface area contributed by atoms with Crippen molar-refractivity contribution in [3.05, 3.63) is 53.6 Å². The molecule has 1 heterocycles. The average molecular weight is 358 g/mol. The van der Waals surface area contributed by atoms with Gasteiger partial charge in [-0.25, -0.2) is 0 Å². The molecule has 0 bridgehead atoms. The molecule has 2 nitrogen and oxygen atoms in total. The standard InChI is InChI=1S/C20H23NOS2/c1-2-6-16-14-17(13-15(16)5-1)21-9-4-10-22-18-7-3-8-19-20(18)24-12-11-23-19/h1-3,5-8,17,21H,4,9-14H2. The summed E-state index contributed by atoms with van der Waals surface area (Å²) in [5.74, 6) is 3.45. The molecule has 126 valence electrons. The van der Waals surface area contributed by atoms with Crippen LogP contribution in [-0.2, 0) is 12.8 Å². The summed E-state index contributed by atoms with van der Waals surface area (Å²) < 4.78 is 6.06. The molecule has 1 aliphatic heterocycles. The lowest BCUT2D eigenvalue weighted by Crippen LogP contribution is -2.31. The zero-order valence-electron chi connectivity index (χ0n) is 13.8. The Morgan fingerprint density at radius 1 is 0.958 bits per heavy atom. The maximum atomic E-state index is 6.06. The van der Waals surface area contributed by atoms with E-state index in [1.807, 2.05) is 23.5 Å². The predicted molar refractivity (Wildman–Crippen MR) is 104 cm³/mol. The van der Waals surface area contributed by atoms with Gasteiger partial charge >= 0.3 is 0 Å². The lowest BCUT2D eigenvalue weighted by Gasteiger charge is -2.18. The molecule has 2 aromatic rings. The number of ether oxygens (including phenoxy) is 1. The SMILES string of the molecule is c1ccc2c(c1)CC(NCCCOc1cccc3c1SCCS3)C2. The first-order valence-corrected chi connectivity index (χ1v) is 10.7. The first kappa shape index (κ1) is 16.4. The molecule has 2 aliphatic rings. The number of benzene rings is 2. The predicted octanol–water partition coefficient (Wildman–Crippen LogP) is 4.41. The largest absolute Gasteiger partial charge is 0.492 e. The van der Waals surface area contributed by atoms with E-state index in [-0.39, 0.29) is 0 Å². The summed E-state index contributed by atoms with van der Waals surface area (Å²) in [4.78, 5) is 2.72. The van der Waals surface area contributed by atoms with E-state index in [4.69, 9.17) is 4.74 Å². The monoisotopic (exact) mass is 357 g/mol. The third-order valence-electron chi connectivity index (χ3n) is 4.59. The highest BCUT2D eigenvalue weighted by molar-refractivity contribution is 8.05. The molecular formula is C20H23NOS2. The smallest absolute Gasteiger partial charge is 0.133 e. The molecule has 1 N–H and O–H groups in total. The molecule has 4 rings (SSSR count). The maximum Gasteiger partial charge on any atom is 0.133 e. The van der Waals surface area contributed by atoms with Gasteiger partial charge < -0.3 is 10.1 Å². The zero-order chi connectivity index (χ0) is 16.2. The highest BCUT2D eigenvalue weighted by Crippen LogP contribution is 2.42. The average Bonchev–Trinajstić information content (AvgIpc) is 3.04. The van der Waals surface area contributed by atoms with Gasteiger partial charge in [0.1, 0.15) is 5.75 Å². The number of nitrogens with one attached hydrogen (secondary N) is 1. The van der Waals surface area contributed by atoms with E-state index < -0.39 is 0 Å². The van der Waals surface area contributed by atoms with Crippen LogP contribution in [0.15, 0.2) is 52.3 Å². The Bertz CT molecular complexity index is 679. The summed E-state index contributed by atoms with van der Waals surface area (Å²) in [5, 5.41) is 3.69. The van der Waals surface area contributed by atoms with E-state index in [9.17, 15) is 0 Å². The zero-order valence-corrected chi connectivity index (χ0v) is 15.4. The van der Waals surface area contributed by atoms with E-state index >= 15 is 0 Å². The molecule has 0 aromatic heterocycles. The van der Waals surface area contributed by atoms with Crippen molar-refractivity contribution in [3.63, 3.8) is 0 Å². The lowest BCUT2D eigenvalue weighted by atomic mass is 10.1. The summed E-state index contributed by atoms with van der Waals surface area (Å²) in [7, 11) is 0. The quantitative estimate of drug-likeness (QED) is 0.773. The van der Waals surface area contributed by atoms with E-state index in [0.717, 1.165) is 38.2 Å². The Labute approximate surface area is 152 Å². The Hall–Kier alpha value is -1.10. The van der Waals surface area contributed by atoms with Gasteiger partial charge in [-0.15, -0.1) is 23.5 Å². The van der Waals surface area contributed by atoms with Crippen LogP contribution in [0.2, 0.25) is 0 Å². The molecule has 0 saturated heterocycles. The third kappa shape index (κ3) is 3.76. The summed E-state index contributed by atoms with van der Waals surface area (Å²) >= 11 is 3.88. The van der Waals surface area contributed by atoms with E-state index in [1.54, 1.807) is 0 Å². The van der Waals surface area contributed by atoms with Gasteiger partial charge in [-0.05, 0) is 49.1 Å². The van der Waals surface area contributed by atoms with Gasteiger partial charge in [0, 0.05) is 22.4 Å². The second kappa shape index (κ2) is 7.85. The molecule has 0 unspecified atom stereocenters. The molecule has 0 radical (unpaired) electrons. The van der Waals surface area contributed by atoms with Crippen LogP contribution in [0.4, 0.5) is 0 Å². The molecular weight excluding hydrogens is 334 g/mol. The molecule has 0 spiro atoms. The fourth-order valence-electron chi connectivity index (χ4n) is 3.42. The Balaban J connectivity index is 1.21. The fourth-order valence-corrected chi connectivity index (χ4v) is 5.75. The molecule has 4 heteroatoms. The molecule has 24 heavy (non-hydrogen) atoms. The number of rotatable bonds is 6. The van der Waals surface area contributed by atoms with Crippen LogP contribution >= 0.6 is 23.5 Å². The van der Waals surface area contributed by atoms with Crippen molar-refractivity contribution >= 4 is 23.5 Å². The van der Waals surface area contributed by atoms with Crippen molar-refractivity contribution in [2.75, 3.05) is 24.7 Å². The minimum Gasteiger partial charge on any atom is -0.492 e. The first-order chi connectivity index (χ1) is 11.9.